The fourth-order valence-electron chi connectivity index (χ4n) is 2.81. The van der Waals surface area contributed by atoms with E-state index in [1.807, 2.05) is 6.92 Å². The fourth-order valence-corrected chi connectivity index (χ4v) is 2.81. The highest BCUT2D eigenvalue weighted by atomic mass is 16.4. The minimum Gasteiger partial charge on any atom is -0.480 e. The number of nitrogens with zero attached hydrogens (tertiary/aromatic N) is 2. The summed E-state index contributed by atoms with van der Waals surface area (Å²) in [7, 11) is 0. The van der Waals surface area contributed by atoms with Gasteiger partial charge in [0.25, 0.3) is 0 Å². The van der Waals surface area contributed by atoms with E-state index in [1.54, 1.807) is 4.90 Å². The quantitative estimate of drug-likeness (QED) is 0.718. The third kappa shape index (κ3) is 2.12. The molecule has 0 bridgehead atoms. The van der Waals surface area contributed by atoms with Gasteiger partial charge in [-0.1, -0.05) is 6.92 Å². The van der Waals surface area contributed by atoms with Crippen LogP contribution in [0.5, 0.6) is 0 Å². The van der Waals surface area contributed by atoms with E-state index in [9.17, 15) is 14.4 Å². The number of carbonyl (C=O) groups excluding carboxylic acids is 2. The number of likely N-dealkylation sites (tertiary alicyclic amines) is 2. The standard InChI is InChI=1S/C12H18N2O4/c1-2-5-14-10(15)7-9(11(14)16)13-6-3-4-8(13)12(17)18/h8-9H,2-7H2,1H3,(H,17,18). The Morgan fingerprint density at radius 3 is 2.78 bits per heavy atom. The van der Waals surface area contributed by atoms with Gasteiger partial charge in [-0.25, -0.2) is 0 Å². The van der Waals surface area contributed by atoms with Gasteiger partial charge in [0.05, 0.1) is 12.5 Å². The van der Waals surface area contributed by atoms with Crippen molar-refractivity contribution in [2.45, 2.75) is 44.7 Å². The molecular formula is C12H18N2O4. The molecule has 18 heavy (non-hydrogen) atoms. The molecule has 2 saturated heterocycles. The second kappa shape index (κ2) is 5.06. The van der Waals surface area contributed by atoms with Gasteiger partial charge < -0.3 is 5.11 Å². The Bertz CT molecular complexity index is 382. The molecule has 0 aromatic carbocycles. The van der Waals surface area contributed by atoms with Crippen LogP contribution >= 0.6 is 0 Å². The van der Waals surface area contributed by atoms with Gasteiger partial charge in [-0.05, 0) is 25.8 Å². The Morgan fingerprint density at radius 1 is 1.44 bits per heavy atom. The molecule has 2 aliphatic rings. The van der Waals surface area contributed by atoms with Gasteiger partial charge in [-0.2, -0.15) is 0 Å². The van der Waals surface area contributed by atoms with E-state index in [-0.39, 0.29) is 18.2 Å². The molecule has 1 N–H and O–H groups in total. The zero-order valence-corrected chi connectivity index (χ0v) is 10.5. The SMILES string of the molecule is CCCN1C(=O)CC(N2CCCC2C(=O)O)C1=O. The average Bonchev–Trinajstić information content (AvgIpc) is 2.89. The number of hydrogen-bond acceptors (Lipinski definition) is 4. The predicted molar refractivity (Wildman–Crippen MR) is 62.8 cm³/mol. The first-order chi connectivity index (χ1) is 8.56. The summed E-state index contributed by atoms with van der Waals surface area (Å²) in [5.41, 5.74) is 0. The van der Waals surface area contributed by atoms with Crippen molar-refractivity contribution in [3.8, 4) is 0 Å². The molecule has 100 valence electrons. The first-order valence-corrected chi connectivity index (χ1v) is 6.39. The number of carbonyl (C=O) groups is 3. The molecule has 2 amide bonds. The lowest BCUT2D eigenvalue weighted by Crippen LogP contribution is -2.47. The van der Waals surface area contributed by atoms with Crippen molar-refractivity contribution in [1.82, 2.24) is 9.80 Å². The van der Waals surface area contributed by atoms with Crippen LogP contribution in [0.25, 0.3) is 0 Å². The van der Waals surface area contributed by atoms with Gasteiger partial charge in [-0.3, -0.25) is 24.2 Å². The highest BCUT2D eigenvalue weighted by Gasteiger charge is 2.46. The second-order valence-corrected chi connectivity index (χ2v) is 4.84. The highest BCUT2D eigenvalue weighted by Crippen LogP contribution is 2.27. The lowest BCUT2D eigenvalue weighted by molar-refractivity contribution is -0.144. The van der Waals surface area contributed by atoms with E-state index in [0.717, 1.165) is 12.8 Å². The smallest absolute Gasteiger partial charge is 0.320 e. The van der Waals surface area contributed by atoms with Gasteiger partial charge in [0.2, 0.25) is 11.8 Å². The molecule has 2 heterocycles. The summed E-state index contributed by atoms with van der Waals surface area (Å²) in [6, 6.07) is -1.18. The van der Waals surface area contributed by atoms with Gasteiger partial charge >= 0.3 is 5.97 Å². The number of imide groups is 1. The molecule has 0 aromatic heterocycles. The van der Waals surface area contributed by atoms with E-state index < -0.39 is 18.1 Å². The van der Waals surface area contributed by atoms with Gasteiger partial charge in [0, 0.05) is 6.54 Å². The van der Waals surface area contributed by atoms with E-state index in [1.165, 1.54) is 4.90 Å². The molecule has 2 fully saturated rings. The van der Waals surface area contributed by atoms with Crippen LogP contribution in [0.3, 0.4) is 0 Å². The molecule has 2 rings (SSSR count). The van der Waals surface area contributed by atoms with Crippen molar-refractivity contribution in [1.29, 1.82) is 0 Å². The zero-order valence-electron chi connectivity index (χ0n) is 10.5. The minimum absolute atomic E-state index is 0.128. The molecule has 6 nitrogen and oxygen atoms in total. The summed E-state index contributed by atoms with van der Waals surface area (Å²) in [5, 5.41) is 9.11. The van der Waals surface area contributed by atoms with Crippen molar-refractivity contribution in [3.63, 3.8) is 0 Å². The maximum atomic E-state index is 12.1. The molecule has 0 aliphatic carbocycles. The topological polar surface area (TPSA) is 77.9 Å². The van der Waals surface area contributed by atoms with Crippen LogP contribution in [0, 0.1) is 0 Å². The molecule has 2 aliphatic heterocycles. The highest BCUT2D eigenvalue weighted by molar-refractivity contribution is 6.05. The Hall–Kier alpha value is -1.43. The lowest BCUT2D eigenvalue weighted by Gasteiger charge is -2.26. The van der Waals surface area contributed by atoms with E-state index >= 15 is 0 Å². The number of rotatable bonds is 4. The summed E-state index contributed by atoms with van der Waals surface area (Å²) >= 11 is 0. The molecular weight excluding hydrogens is 236 g/mol. The van der Waals surface area contributed by atoms with Gasteiger partial charge in [-0.15, -0.1) is 0 Å². The van der Waals surface area contributed by atoms with Crippen LogP contribution in [-0.2, 0) is 14.4 Å². The van der Waals surface area contributed by atoms with E-state index in [2.05, 4.69) is 0 Å². The summed E-state index contributed by atoms with van der Waals surface area (Å²) in [6.07, 6.45) is 2.18. The van der Waals surface area contributed by atoms with Crippen molar-refractivity contribution in [2.24, 2.45) is 0 Å². The largest absolute Gasteiger partial charge is 0.480 e. The van der Waals surface area contributed by atoms with Gasteiger partial charge in [0.15, 0.2) is 0 Å². The third-order valence-corrected chi connectivity index (χ3v) is 3.65. The predicted octanol–water partition coefficient (Wildman–Crippen LogP) is 0.0729. The Morgan fingerprint density at radius 2 is 2.17 bits per heavy atom. The Balaban J connectivity index is 2.12. The number of carboxylic acid groups (broad SMARTS) is 1. The van der Waals surface area contributed by atoms with Gasteiger partial charge in [0.1, 0.15) is 6.04 Å². The van der Waals surface area contributed by atoms with Crippen LogP contribution in [0.15, 0.2) is 0 Å². The van der Waals surface area contributed by atoms with Crippen LogP contribution in [-0.4, -0.2) is 57.9 Å². The Labute approximate surface area is 106 Å². The monoisotopic (exact) mass is 254 g/mol. The first kappa shape index (κ1) is 13.0. The maximum Gasteiger partial charge on any atom is 0.320 e. The summed E-state index contributed by atoms with van der Waals surface area (Å²) < 4.78 is 0. The number of amides is 2. The van der Waals surface area contributed by atoms with Crippen LogP contribution < -0.4 is 0 Å². The van der Waals surface area contributed by atoms with Crippen LogP contribution in [0.2, 0.25) is 0 Å². The lowest BCUT2D eigenvalue weighted by atomic mass is 10.1. The summed E-state index contributed by atoms with van der Waals surface area (Å²) in [4.78, 5) is 37.9. The Kier molecular flexibility index (Phi) is 3.65. The zero-order chi connectivity index (χ0) is 13.3. The molecule has 0 saturated carbocycles. The summed E-state index contributed by atoms with van der Waals surface area (Å²) in [6.45, 7) is 2.92. The molecule has 6 heteroatoms. The van der Waals surface area contributed by atoms with E-state index in [4.69, 9.17) is 5.11 Å². The molecule has 0 spiro atoms. The normalized spacial score (nSPS) is 29.3. The number of aliphatic carboxylic acids is 1. The second-order valence-electron chi connectivity index (χ2n) is 4.84. The molecule has 2 atom stereocenters. The molecule has 0 aromatic rings. The number of hydrogen-bond donors (Lipinski definition) is 1. The van der Waals surface area contributed by atoms with Crippen LogP contribution in [0.4, 0.5) is 0 Å². The van der Waals surface area contributed by atoms with Crippen molar-refractivity contribution in [3.05, 3.63) is 0 Å². The van der Waals surface area contributed by atoms with E-state index in [0.29, 0.717) is 19.5 Å². The van der Waals surface area contributed by atoms with Crippen LogP contribution in [0.1, 0.15) is 32.6 Å². The summed E-state index contributed by atoms with van der Waals surface area (Å²) in [5.74, 6) is -1.31. The third-order valence-electron chi connectivity index (χ3n) is 3.65. The fraction of sp³-hybridized carbons (Fsp3) is 0.750. The molecule has 2 unspecified atom stereocenters. The maximum absolute atomic E-state index is 12.1. The van der Waals surface area contributed by atoms with Crippen molar-refractivity contribution in [2.75, 3.05) is 13.1 Å². The minimum atomic E-state index is -0.901. The average molecular weight is 254 g/mol. The first-order valence-electron chi connectivity index (χ1n) is 6.39. The van der Waals surface area contributed by atoms with Crippen molar-refractivity contribution < 1.29 is 19.5 Å². The van der Waals surface area contributed by atoms with Crippen molar-refractivity contribution >= 4 is 17.8 Å². The molecule has 0 radical (unpaired) electrons. The number of carboxylic acids is 1.